The Hall–Kier alpha value is -1.20. The van der Waals surface area contributed by atoms with Gasteiger partial charge in [0.1, 0.15) is 0 Å². The van der Waals surface area contributed by atoms with Crippen LogP contribution in [0.1, 0.15) is 42.5 Å². The standard InChI is InChI=1S/C16H20F2N2O.ClH/c17-13-5-4-11(8-14(13)18)16(21)20-15-9-2-1-3-10(15)7-12(19)6-9;/h4-5,8-10,12,15H,1-3,6-7,19H2,(H,20,21);1H. The zero-order valence-corrected chi connectivity index (χ0v) is 13.0. The van der Waals surface area contributed by atoms with E-state index in [1.165, 1.54) is 12.5 Å². The quantitative estimate of drug-likeness (QED) is 0.875. The number of fused-ring (bicyclic) bond motifs is 2. The Balaban J connectivity index is 0.00000176. The summed E-state index contributed by atoms with van der Waals surface area (Å²) in [6, 6.07) is 3.59. The maximum absolute atomic E-state index is 13.2. The second-order valence-electron chi connectivity index (χ2n) is 6.31. The van der Waals surface area contributed by atoms with Gasteiger partial charge in [-0.1, -0.05) is 6.42 Å². The molecule has 2 atom stereocenters. The summed E-state index contributed by atoms with van der Waals surface area (Å²) in [6.07, 6.45) is 5.19. The van der Waals surface area contributed by atoms with E-state index in [0.29, 0.717) is 11.8 Å². The van der Waals surface area contributed by atoms with E-state index >= 15 is 0 Å². The molecular formula is C16H21ClF2N2O. The van der Waals surface area contributed by atoms with Gasteiger partial charge in [0.25, 0.3) is 5.91 Å². The number of nitrogens with two attached hydrogens (primary N) is 1. The maximum atomic E-state index is 13.2. The third kappa shape index (κ3) is 3.41. The molecule has 3 N–H and O–H groups in total. The minimum absolute atomic E-state index is 0. The molecule has 3 nitrogen and oxygen atoms in total. The van der Waals surface area contributed by atoms with Gasteiger partial charge in [-0.15, -0.1) is 12.4 Å². The van der Waals surface area contributed by atoms with Gasteiger partial charge in [0.05, 0.1) is 0 Å². The molecule has 2 fully saturated rings. The molecule has 2 aliphatic carbocycles. The van der Waals surface area contributed by atoms with Crippen molar-refractivity contribution in [2.45, 2.75) is 44.2 Å². The van der Waals surface area contributed by atoms with Gasteiger partial charge in [0.2, 0.25) is 0 Å². The maximum Gasteiger partial charge on any atom is 0.251 e. The Labute approximate surface area is 135 Å². The molecule has 1 amide bonds. The molecule has 122 valence electrons. The lowest BCUT2D eigenvalue weighted by atomic mass is 9.67. The Morgan fingerprint density at radius 1 is 1.14 bits per heavy atom. The van der Waals surface area contributed by atoms with E-state index in [1.807, 2.05) is 0 Å². The molecule has 2 aliphatic rings. The number of halogens is 3. The van der Waals surface area contributed by atoms with Crippen LogP contribution in [0.3, 0.4) is 0 Å². The smallest absolute Gasteiger partial charge is 0.251 e. The highest BCUT2D eigenvalue weighted by atomic mass is 35.5. The lowest BCUT2D eigenvalue weighted by Crippen LogP contribution is -2.53. The van der Waals surface area contributed by atoms with Gasteiger partial charge in [-0.3, -0.25) is 4.79 Å². The second kappa shape index (κ2) is 6.92. The Morgan fingerprint density at radius 3 is 2.36 bits per heavy atom. The van der Waals surface area contributed by atoms with Crippen LogP contribution in [0.15, 0.2) is 18.2 Å². The van der Waals surface area contributed by atoms with Crippen molar-refractivity contribution in [2.24, 2.45) is 17.6 Å². The molecule has 3 rings (SSSR count). The topological polar surface area (TPSA) is 55.1 Å². The first-order valence-electron chi connectivity index (χ1n) is 7.56. The molecule has 0 saturated heterocycles. The van der Waals surface area contributed by atoms with E-state index in [4.69, 9.17) is 5.73 Å². The van der Waals surface area contributed by atoms with Gasteiger partial charge in [-0.05, 0) is 55.7 Å². The fourth-order valence-electron chi connectivity index (χ4n) is 3.90. The van der Waals surface area contributed by atoms with E-state index in [1.54, 1.807) is 0 Å². The fourth-order valence-corrected chi connectivity index (χ4v) is 3.90. The van der Waals surface area contributed by atoms with E-state index in [0.717, 1.165) is 37.8 Å². The van der Waals surface area contributed by atoms with Crippen LogP contribution in [-0.2, 0) is 0 Å². The third-order valence-corrected chi connectivity index (χ3v) is 4.86. The molecular weight excluding hydrogens is 310 g/mol. The van der Waals surface area contributed by atoms with Gasteiger partial charge < -0.3 is 11.1 Å². The monoisotopic (exact) mass is 330 g/mol. The predicted molar refractivity (Wildman–Crippen MR) is 82.9 cm³/mol. The van der Waals surface area contributed by atoms with Crippen molar-refractivity contribution in [1.29, 1.82) is 0 Å². The van der Waals surface area contributed by atoms with Crippen molar-refractivity contribution in [1.82, 2.24) is 5.32 Å². The molecule has 0 spiro atoms. The summed E-state index contributed by atoms with van der Waals surface area (Å²) in [5.74, 6) is -1.45. The first-order valence-corrected chi connectivity index (χ1v) is 7.56. The fraction of sp³-hybridized carbons (Fsp3) is 0.562. The van der Waals surface area contributed by atoms with E-state index < -0.39 is 11.6 Å². The summed E-state index contributed by atoms with van der Waals surface area (Å²) in [5.41, 5.74) is 6.23. The van der Waals surface area contributed by atoms with Crippen molar-refractivity contribution in [3.05, 3.63) is 35.4 Å². The lowest BCUT2D eigenvalue weighted by molar-refractivity contribution is 0.0755. The van der Waals surface area contributed by atoms with Crippen molar-refractivity contribution in [3.8, 4) is 0 Å². The van der Waals surface area contributed by atoms with Gasteiger partial charge in [-0.25, -0.2) is 8.78 Å². The number of carbonyl (C=O) groups excluding carboxylic acids is 1. The van der Waals surface area contributed by atoms with Gasteiger partial charge in [0.15, 0.2) is 11.6 Å². The van der Waals surface area contributed by atoms with Crippen molar-refractivity contribution in [2.75, 3.05) is 0 Å². The SMILES string of the molecule is Cl.NC1CC2CCCC(C1)C2NC(=O)c1ccc(F)c(F)c1. The van der Waals surface area contributed by atoms with Gasteiger partial charge in [0, 0.05) is 17.6 Å². The van der Waals surface area contributed by atoms with Crippen molar-refractivity contribution < 1.29 is 13.6 Å². The van der Waals surface area contributed by atoms with E-state index in [9.17, 15) is 13.6 Å². The van der Waals surface area contributed by atoms with Crippen LogP contribution in [0.2, 0.25) is 0 Å². The Morgan fingerprint density at radius 2 is 1.77 bits per heavy atom. The summed E-state index contributed by atoms with van der Waals surface area (Å²) >= 11 is 0. The summed E-state index contributed by atoms with van der Waals surface area (Å²) in [6.45, 7) is 0. The average Bonchev–Trinajstić information content (AvgIpc) is 2.42. The summed E-state index contributed by atoms with van der Waals surface area (Å²) in [4.78, 5) is 12.3. The summed E-state index contributed by atoms with van der Waals surface area (Å²) in [7, 11) is 0. The molecule has 22 heavy (non-hydrogen) atoms. The molecule has 1 aromatic carbocycles. The summed E-state index contributed by atoms with van der Waals surface area (Å²) in [5, 5.41) is 3.02. The number of nitrogens with one attached hydrogen (secondary N) is 1. The molecule has 0 aliphatic heterocycles. The number of rotatable bonds is 2. The first kappa shape index (κ1) is 17.2. The van der Waals surface area contributed by atoms with Crippen LogP contribution in [0.4, 0.5) is 8.78 Å². The van der Waals surface area contributed by atoms with Crippen LogP contribution in [0.25, 0.3) is 0 Å². The number of hydrogen-bond donors (Lipinski definition) is 2. The second-order valence-corrected chi connectivity index (χ2v) is 6.31. The Bertz CT molecular complexity index is 541. The molecule has 2 saturated carbocycles. The van der Waals surface area contributed by atoms with Gasteiger partial charge in [-0.2, -0.15) is 0 Å². The highest BCUT2D eigenvalue weighted by Gasteiger charge is 2.39. The molecule has 6 heteroatoms. The highest BCUT2D eigenvalue weighted by Crippen LogP contribution is 2.39. The molecule has 0 heterocycles. The van der Waals surface area contributed by atoms with Crippen molar-refractivity contribution in [3.63, 3.8) is 0 Å². The molecule has 1 aromatic rings. The minimum Gasteiger partial charge on any atom is -0.349 e. The zero-order chi connectivity index (χ0) is 15.0. The number of carbonyl (C=O) groups is 1. The first-order chi connectivity index (χ1) is 10.0. The molecule has 2 bridgehead atoms. The average molecular weight is 331 g/mol. The molecule has 0 aromatic heterocycles. The van der Waals surface area contributed by atoms with Crippen LogP contribution in [-0.4, -0.2) is 18.0 Å². The largest absolute Gasteiger partial charge is 0.349 e. The number of hydrogen-bond acceptors (Lipinski definition) is 2. The predicted octanol–water partition coefficient (Wildman–Crippen LogP) is 3.02. The van der Waals surface area contributed by atoms with Gasteiger partial charge >= 0.3 is 0 Å². The molecule has 0 radical (unpaired) electrons. The Kier molecular flexibility index (Phi) is 5.40. The van der Waals surface area contributed by atoms with E-state index in [-0.39, 0.29) is 36.0 Å². The lowest BCUT2D eigenvalue weighted by Gasteiger charge is -2.45. The highest BCUT2D eigenvalue weighted by molar-refractivity contribution is 5.94. The van der Waals surface area contributed by atoms with Crippen molar-refractivity contribution >= 4 is 18.3 Å². The normalized spacial score (nSPS) is 30.3. The van der Waals surface area contributed by atoms with Crippen LogP contribution < -0.4 is 11.1 Å². The van der Waals surface area contributed by atoms with Crippen LogP contribution in [0.5, 0.6) is 0 Å². The number of amides is 1. The van der Waals surface area contributed by atoms with Crippen LogP contribution >= 0.6 is 12.4 Å². The number of benzene rings is 1. The van der Waals surface area contributed by atoms with E-state index in [2.05, 4.69) is 5.32 Å². The van der Waals surface area contributed by atoms with Crippen LogP contribution in [0, 0.1) is 23.5 Å². The summed E-state index contributed by atoms with van der Waals surface area (Å²) < 4.78 is 26.2. The molecule has 2 unspecified atom stereocenters. The third-order valence-electron chi connectivity index (χ3n) is 4.86. The zero-order valence-electron chi connectivity index (χ0n) is 12.2. The minimum atomic E-state index is -0.992.